The SMILES string of the molecule is Cc1cc(C)n(Cc2cccc(-c3noc(C4CC45CCNCC5)n3)c2)n1.Cl. The van der Waals surface area contributed by atoms with Crippen LogP contribution in [0.1, 0.15) is 48.0 Å². The Kier molecular flexibility index (Phi) is 5.02. The molecule has 0 amide bonds. The number of rotatable bonds is 4. The first kappa shape index (κ1) is 19.2. The van der Waals surface area contributed by atoms with Gasteiger partial charge in [-0.05, 0) is 69.3 Å². The zero-order valence-electron chi connectivity index (χ0n) is 16.3. The average Bonchev–Trinajstić information content (AvgIpc) is 3.02. The highest BCUT2D eigenvalue weighted by Crippen LogP contribution is 2.63. The molecular weight excluding hydrogens is 374 g/mol. The second kappa shape index (κ2) is 7.33. The molecule has 1 saturated carbocycles. The Morgan fingerprint density at radius 2 is 2.04 bits per heavy atom. The van der Waals surface area contributed by atoms with Crippen LogP contribution in [0.25, 0.3) is 11.4 Å². The van der Waals surface area contributed by atoms with Crippen LogP contribution in [0.2, 0.25) is 0 Å². The minimum Gasteiger partial charge on any atom is -0.339 e. The van der Waals surface area contributed by atoms with Crippen molar-refractivity contribution in [3.05, 3.63) is 53.2 Å². The Morgan fingerprint density at radius 3 is 2.79 bits per heavy atom. The second-order valence-electron chi connectivity index (χ2n) is 8.11. The lowest BCUT2D eigenvalue weighted by molar-refractivity contribution is 0.311. The lowest BCUT2D eigenvalue weighted by Gasteiger charge is -2.22. The third-order valence-electron chi connectivity index (χ3n) is 6.15. The van der Waals surface area contributed by atoms with E-state index < -0.39 is 0 Å². The van der Waals surface area contributed by atoms with Crippen molar-refractivity contribution in [1.29, 1.82) is 0 Å². The summed E-state index contributed by atoms with van der Waals surface area (Å²) in [4.78, 5) is 4.74. The molecule has 1 atom stereocenters. The van der Waals surface area contributed by atoms with E-state index in [0.29, 0.717) is 17.2 Å². The quantitative estimate of drug-likeness (QED) is 0.721. The summed E-state index contributed by atoms with van der Waals surface area (Å²) in [6, 6.07) is 10.5. The van der Waals surface area contributed by atoms with E-state index in [1.54, 1.807) is 0 Å². The van der Waals surface area contributed by atoms with E-state index in [0.717, 1.165) is 36.8 Å². The predicted octanol–water partition coefficient (Wildman–Crippen LogP) is 3.88. The summed E-state index contributed by atoms with van der Waals surface area (Å²) < 4.78 is 7.68. The average molecular weight is 400 g/mol. The highest BCUT2D eigenvalue weighted by atomic mass is 35.5. The minimum atomic E-state index is 0. The molecular formula is C21H26ClN5O. The number of aromatic nitrogens is 4. The number of hydrogen-bond acceptors (Lipinski definition) is 5. The Labute approximate surface area is 171 Å². The zero-order valence-corrected chi connectivity index (χ0v) is 17.1. The van der Waals surface area contributed by atoms with E-state index in [4.69, 9.17) is 9.51 Å². The van der Waals surface area contributed by atoms with Crippen molar-refractivity contribution in [2.24, 2.45) is 5.41 Å². The summed E-state index contributed by atoms with van der Waals surface area (Å²) in [7, 11) is 0. The van der Waals surface area contributed by atoms with Crippen LogP contribution in [-0.4, -0.2) is 33.0 Å². The monoisotopic (exact) mass is 399 g/mol. The Morgan fingerprint density at radius 1 is 1.21 bits per heavy atom. The van der Waals surface area contributed by atoms with E-state index >= 15 is 0 Å². The predicted molar refractivity (Wildman–Crippen MR) is 110 cm³/mol. The Hall–Kier alpha value is -2.18. The van der Waals surface area contributed by atoms with E-state index in [9.17, 15) is 0 Å². The molecule has 2 aromatic heterocycles. The van der Waals surface area contributed by atoms with Gasteiger partial charge in [-0.25, -0.2) is 0 Å². The van der Waals surface area contributed by atoms with Crippen LogP contribution in [0.15, 0.2) is 34.9 Å². The number of nitrogens with zero attached hydrogens (tertiary/aromatic N) is 4. The van der Waals surface area contributed by atoms with Gasteiger partial charge in [-0.15, -0.1) is 12.4 Å². The molecule has 1 saturated heterocycles. The lowest BCUT2D eigenvalue weighted by atomic mass is 9.92. The fourth-order valence-corrected chi connectivity index (χ4v) is 4.48. The molecule has 0 radical (unpaired) electrons. The molecule has 2 fully saturated rings. The van der Waals surface area contributed by atoms with E-state index in [-0.39, 0.29) is 12.4 Å². The van der Waals surface area contributed by atoms with Gasteiger partial charge < -0.3 is 9.84 Å². The standard InChI is InChI=1S/C21H25N5O.ClH/c1-14-10-15(2)26(24-14)13-16-4-3-5-17(11-16)19-23-20(27-25-19)18-12-21(18)6-8-22-9-7-21;/h3-5,10-11,18,22H,6-9,12-13H2,1-2H3;1H. The van der Waals surface area contributed by atoms with Crippen molar-refractivity contribution in [2.75, 3.05) is 13.1 Å². The van der Waals surface area contributed by atoms with Gasteiger partial charge in [0.15, 0.2) is 0 Å². The molecule has 1 aliphatic heterocycles. The maximum Gasteiger partial charge on any atom is 0.230 e. The first-order chi connectivity index (χ1) is 13.1. The Bertz CT molecular complexity index is 973. The summed E-state index contributed by atoms with van der Waals surface area (Å²) in [5, 5.41) is 12.3. The fourth-order valence-electron chi connectivity index (χ4n) is 4.48. The van der Waals surface area contributed by atoms with E-state index in [1.807, 2.05) is 17.7 Å². The molecule has 7 heteroatoms. The highest BCUT2D eigenvalue weighted by Gasteiger charge is 2.57. The van der Waals surface area contributed by atoms with E-state index in [1.165, 1.54) is 30.5 Å². The maximum atomic E-state index is 5.65. The molecule has 1 spiro atoms. The number of halogens is 1. The minimum absolute atomic E-state index is 0. The summed E-state index contributed by atoms with van der Waals surface area (Å²) >= 11 is 0. The maximum absolute atomic E-state index is 5.65. The van der Waals surface area contributed by atoms with Gasteiger partial charge in [0.25, 0.3) is 0 Å². The molecule has 3 heterocycles. The van der Waals surface area contributed by atoms with Crippen molar-refractivity contribution in [2.45, 2.75) is 45.6 Å². The van der Waals surface area contributed by atoms with Crippen LogP contribution in [0.4, 0.5) is 0 Å². The largest absolute Gasteiger partial charge is 0.339 e. The smallest absolute Gasteiger partial charge is 0.230 e. The summed E-state index contributed by atoms with van der Waals surface area (Å²) in [5.41, 5.74) is 4.81. The van der Waals surface area contributed by atoms with Crippen molar-refractivity contribution >= 4 is 12.4 Å². The van der Waals surface area contributed by atoms with Crippen LogP contribution in [0, 0.1) is 19.3 Å². The van der Waals surface area contributed by atoms with Crippen LogP contribution in [0.3, 0.4) is 0 Å². The van der Waals surface area contributed by atoms with Crippen molar-refractivity contribution in [1.82, 2.24) is 25.2 Å². The molecule has 1 aromatic carbocycles. The number of piperidine rings is 1. The van der Waals surface area contributed by atoms with Gasteiger partial charge in [0.1, 0.15) is 0 Å². The third kappa shape index (κ3) is 3.47. The molecule has 3 aromatic rings. The van der Waals surface area contributed by atoms with Gasteiger partial charge in [0.05, 0.1) is 12.2 Å². The molecule has 28 heavy (non-hydrogen) atoms. The normalized spacial score (nSPS) is 20.1. The Balaban J connectivity index is 0.00000192. The summed E-state index contributed by atoms with van der Waals surface area (Å²) in [6.07, 6.45) is 3.62. The van der Waals surface area contributed by atoms with Gasteiger partial charge >= 0.3 is 0 Å². The van der Waals surface area contributed by atoms with Crippen LogP contribution < -0.4 is 5.32 Å². The number of nitrogens with one attached hydrogen (secondary N) is 1. The first-order valence-electron chi connectivity index (χ1n) is 9.78. The van der Waals surface area contributed by atoms with E-state index in [2.05, 4.69) is 46.8 Å². The molecule has 5 rings (SSSR count). The van der Waals surface area contributed by atoms with Crippen molar-refractivity contribution in [3.8, 4) is 11.4 Å². The summed E-state index contributed by atoms with van der Waals surface area (Å²) in [6.45, 7) is 7.06. The molecule has 1 unspecified atom stereocenters. The molecule has 6 nitrogen and oxygen atoms in total. The van der Waals surface area contributed by atoms with Crippen LogP contribution in [0.5, 0.6) is 0 Å². The van der Waals surface area contributed by atoms with Gasteiger partial charge in [-0.3, -0.25) is 4.68 Å². The lowest BCUT2D eigenvalue weighted by Crippen LogP contribution is -2.29. The van der Waals surface area contributed by atoms with Crippen LogP contribution >= 0.6 is 12.4 Å². The highest BCUT2D eigenvalue weighted by molar-refractivity contribution is 5.85. The number of benzene rings is 1. The van der Waals surface area contributed by atoms with Gasteiger partial charge in [0.2, 0.25) is 11.7 Å². The molecule has 148 valence electrons. The van der Waals surface area contributed by atoms with Crippen molar-refractivity contribution < 1.29 is 4.52 Å². The third-order valence-corrected chi connectivity index (χ3v) is 6.15. The topological polar surface area (TPSA) is 68.8 Å². The molecule has 2 aliphatic rings. The first-order valence-corrected chi connectivity index (χ1v) is 9.78. The molecule has 1 aliphatic carbocycles. The fraction of sp³-hybridized carbons (Fsp3) is 0.476. The number of hydrogen-bond donors (Lipinski definition) is 1. The second-order valence-corrected chi connectivity index (χ2v) is 8.11. The number of aryl methyl sites for hydroxylation is 2. The molecule has 1 N–H and O–H groups in total. The van der Waals surface area contributed by atoms with Gasteiger partial charge in [0, 0.05) is 17.2 Å². The zero-order chi connectivity index (χ0) is 18.4. The van der Waals surface area contributed by atoms with Crippen LogP contribution in [-0.2, 0) is 6.54 Å². The summed E-state index contributed by atoms with van der Waals surface area (Å²) in [5.74, 6) is 1.95. The van der Waals surface area contributed by atoms with Crippen molar-refractivity contribution in [3.63, 3.8) is 0 Å². The van der Waals surface area contributed by atoms with Gasteiger partial charge in [-0.2, -0.15) is 10.1 Å². The molecule has 0 bridgehead atoms. The van der Waals surface area contributed by atoms with Gasteiger partial charge in [-0.1, -0.05) is 23.4 Å².